The number of allylic oxidation sites excluding steroid dienone is 1. The van der Waals surface area contributed by atoms with Gasteiger partial charge in [-0.2, -0.15) is 12.6 Å². The zero-order chi connectivity index (χ0) is 17.0. The van der Waals surface area contributed by atoms with Crippen LogP contribution in [-0.4, -0.2) is 0 Å². The highest BCUT2D eigenvalue weighted by atomic mass is 32.1. The van der Waals surface area contributed by atoms with Crippen molar-refractivity contribution in [3.63, 3.8) is 0 Å². The highest BCUT2D eigenvalue weighted by Gasteiger charge is 2.24. The molecule has 0 N–H and O–H groups in total. The molecule has 0 radical (unpaired) electrons. The lowest BCUT2D eigenvalue weighted by Crippen LogP contribution is -2.15. The summed E-state index contributed by atoms with van der Waals surface area (Å²) in [6.07, 6.45) is 11.1. The van der Waals surface area contributed by atoms with Crippen LogP contribution in [-0.2, 0) is 6.42 Å². The van der Waals surface area contributed by atoms with E-state index in [-0.39, 0.29) is 0 Å². The van der Waals surface area contributed by atoms with Crippen LogP contribution in [0.25, 0.3) is 6.08 Å². The fourth-order valence-corrected chi connectivity index (χ4v) is 4.89. The van der Waals surface area contributed by atoms with Gasteiger partial charge in [-0.05, 0) is 66.2 Å². The van der Waals surface area contributed by atoms with Gasteiger partial charge in [-0.15, -0.1) is 0 Å². The van der Waals surface area contributed by atoms with Crippen molar-refractivity contribution in [3.8, 4) is 0 Å². The maximum absolute atomic E-state index is 4.87. The lowest BCUT2D eigenvalue weighted by atomic mass is 9.81. The van der Waals surface area contributed by atoms with Crippen molar-refractivity contribution in [2.24, 2.45) is 17.8 Å². The minimum atomic E-state index is 0.407. The van der Waals surface area contributed by atoms with E-state index in [9.17, 15) is 0 Å². The molecule has 0 aliphatic heterocycles. The SMILES string of the molecule is CCCC(C)CC(C)/C=C/c1ccc2c(c1C)C(S)CC(C)C2. The second-order valence-corrected chi connectivity index (χ2v) is 8.50. The largest absolute Gasteiger partial charge is 0.171 e. The predicted molar refractivity (Wildman–Crippen MR) is 107 cm³/mol. The molecule has 1 aromatic carbocycles. The molecule has 0 bridgehead atoms. The zero-order valence-electron chi connectivity index (χ0n) is 15.6. The summed E-state index contributed by atoms with van der Waals surface area (Å²) in [6.45, 7) is 11.6. The number of benzene rings is 1. The monoisotopic (exact) mass is 330 g/mol. The molecular formula is C22H34S. The fourth-order valence-electron chi connectivity index (χ4n) is 4.17. The first-order valence-corrected chi connectivity index (χ1v) is 9.92. The predicted octanol–water partition coefficient (Wildman–Crippen LogP) is 7.02. The summed E-state index contributed by atoms with van der Waals surface area (Å²) < 4.78 is 0. The van der Waals surface area contributed by atoms with Crippen molar-refractivity contribution in [2.75, 3.05) is 0 Å². The third-order valence-corrected chi connectivity index (χ3v) is 5.80. The van der Waals surface area contributed by atoms with Crippen molar-refractivity contribution in [1.29, 1.82) is 0 Å². The van der Waals surface area contributed by atoms with E-state index in [1.54, 1.807) is 0 Å². The molecule has 4 atom stereocenters. The van der Waals surface area contributed by atoms with Crippen LogP contribution in [0, 0.1) is 24.7 Å². The van der Waals surface area contributed by atoms with E-state index in [0.717, 1.165) is 11.8 Å². The Labute approximate surface area is 149 Å². The first-order valence-electron chi connectivity index (χ1n) is 9.41. The Morgan fingerprint density at radius 3 is 2.74 bits per heavy atom. The summed E-state index contributed by atoms with van der Waals surface area (Å²) in [5.74, 6) is 2.23. The normalized spacial score (nSPS) is 23.7. The van der Waals surface area contributed by atoms with Crippen LogP contribution >= 0.6 is 12.6 Å². The molecule has 0 heterocycles. The van der Waals surface area contributed by atoms with Gasteiger partial charge in [0, 0.05) is 5.25 Å². The first kappa shape index (κ1) is 18.6. The quantitative estimate of drug-likeness (QED) is 0.532. The molecule has 0 amide bonds. The van der Waals surface area contributed by atoms with E-state index >= 15 is 0 Å². The molecule has 0 saturated heterocycles. The number of thiol groups is 1. The number of hydrogen-bond donors (Lipinski definition) is 1. The highest BCUT2D eigenvalue weighted by Crippen LogP contribution is 2.40. The van der Waals surface area contributed by atoms with E-state index in [0.29, 0.717) is 11.2 Å². The van der Waals surface area contributed by atoms with E-state index in [1.807, 2.05) is 0 Å². The number of hydrogen-bond acceptors (Lipinski definition) is 1. The summed E-state index contributed by atoms with van der Waals surface area (Å²) in [5.41, 5.74) is 5.84. The van der Waals surface area contributed by atoms with Gasteiger partial charge in [-0.1, -0.05) is 64.8 Å². The molecule has 1 heteroatoms. The zero-order valence-corrected chi connectivity index (χ0v) is 16.5. The third kappa shape index (κ3) is 4.89. The molecule has 0 fully saturated rings. The topological polar surface area (TPSA) is 0 Å². The van der Waals surface area contributed by atoms with E-state index in [4.69, 9.17) is 12.6 Å². The van der Waals surface area contributed by atoms with Gasteiger partial charge in [-0.25, -0.2) is 0 Å². The van der Waals surface area contributed by atoms with E-state index in [1.165, 1.54) is 54.4 Å². The number of rotatable bonds is 6. The molecule has 0 aromatic heterocycles. The van der Waals surface area contributed by atoms with Gasteiger partial charge >= 0.3 is 0 Å². The van der Waals surface area contributed by atoms with Crippen LogP contribution < -0.4 is 0 Å². The lowest BCUT2D eigenvalue weighted by molar-refractivity contribution is 0.435. The molecule has 0 nitrogen and oxygen atoms in total. The van der Waals surface area contributed by atoms with Crippen molar-refractivity contribution >= 4 is 18.7 Å². The summed E-state index contributed by atoms with van der Waals surface area (Å²) in [6, 6.07) is 4.65. The Kier molecular flexibility index (Phi) is 6.83. The molecule has 1 aliphatic carbocycles. The molecule has 128 valence electrons. The van der Waals surface area contributed by atoms with Gasteiger partial charge in [0.2, 0.25) is 0 Å². The van der Waals surface area contributed by atoms with Crippen molar-refractivity contribution in [3.05, 3.63) is 40.5 Å². The van der Waals surface area contributed by atoms with Crippen LogP contribution in [0.15, 0.2) is 18.2 Å². The van der Waals surface area contributed by atoms with Crippen LogP contribution in [0.4, 0.5) is 0 Å². The minimum Gasteiger partial charge on any atom is -0.171 e. The third-order valence-electron chi connectivity index (χ3n) is 5.33. The van der Waals surface area contributed by atoms with Crippen LogP contribution in [0.5, 0.6) is 0 Å². The smallest absolute Gasteiger partial charge is 0.0275 e. The maximum atomic E-state index is 4.87. The Morgan fingerprint density at radius 1 is 1.30 bits per heavy atom. The standard InChI is InChI=1S/C22H34S/c1-6-7-15(2)12-16(3)8-9-19-10-11-20-13-17(4)14-21(23)22(20)18(19)5/h8-11,15-17,21,23H,6-7,12-14H2,1-5H3/b9-8+. The molecule has 0 spiro atoms. The first-order chi connectivity index (χ1) is 10.9. The molecule has 0 saturated carbocycles. The minimum absolute atomic E-state index is 0.407. The van der Waals surface area contributed by atoms with E-state index in [2.05, 4.69) is 58.9 Å². The summed E-state index contributed by atoms with van der Waals surface area (Å²) >= 11 is 4.87. The van der Waals surface area contributed by atoms with Crippen LogP contribution in [0.2, 0.25) is 0 Å². The van der Waals surface area contributed by atoms with Gasteiger partial charge in [0.25, 0.3) is 0 Å². The fraction of sp³-hybridized carbons (Fsp3) is 0.636. The average Bonchev–Trinajstić information content (AvgIpc) is 2.45. The Morgan fingerprint density at radius 2 is 2.04 bits per heavy atom. The Bertz CT molecular complexity index is 543. The van der Waals surface area contributed by atoms with Gasteiger partial charge in [-0.3, -0.25) is 0 Å². The van der Waals surface area contributed by atoms with Crippen LogP contribution in [0.1, 0.15) is 80.9 Å². The van der Waals surface area contributed by atoms with E-state index < -0.39 is 0 Å². The van der Waals surface area contributed by atoms with Crippen LogP contribution in [0.3, 0.4) is 0 Å². The highest BCUT2D eigenvalue weighted by molar-refractivity contribution is 7.80. The molecule has 1 aromatic rings. The second-order valence-electron chi connectivity index (χ2n) is 7.88. The summed E-state index contributed by atoms with van der Waals surface area (Å²) in [4.78, 5) is 0. The summed E-state index contributed by atoms with van der Waals surface area (Å²) in [7, 11) is 0. The van der Waals surface area contributed by atoms with Gasteiger partial charge < -0.3 is 0 Å². The molecule has 4 unspecified atom stereocenters. The lowest BCUT2D eigenvalue weighted by Gasteiger charge is -2.29. The molecule has 23 heavy (non-hydrogen) atoms. The Balaban J connectivity index is 2.12. The maximum Gasteiger partial charge on any atom is 0.0275 e. The van der Waals surface area contributed by atoms with Gasteiger partial charge in [0.05, 0.1) is 0 Å². The second kappa shape index (κ2) is 8.42. The van der Waals surface area contributed by atoms with Crippen molar-refractivity contribution in [2.45, 2.75) is 72.0 Å². The van der Waals surface area contributed by atoms with Gasteiger partial charge in [0.1, 0.15) is 0 Å². The average molecular weight is 331 g/mol. The van der Waals surface area contributed by atoms with Crippen molar-refractivity contribution in [1.82, 2.24) is 0 Å². The summed E-state index contributed by atoms with van der Waals surface area (Å²) in [5, 5.41) is 0.407. The molecular weight excluding hydrogens is 296 g/mol. The Hall–Kier alpha value is -0.690. The number of fused-ring (bicyclic) bond motifs is 1. The van der Waals surface area contributed by atoms with Gasteiger partial charge in [0.15, 0.2) is 0 Å². The molecule has 2 rings (SSSR count). The van der Waals surface area contributed by atoms with Crippen molar-refractivity contribution < 1.29 is 0 Å². The molecule has 1 aliphatic rings.